The van der Waals surface area contributed by atoms with Crippen LogP contribution in [0, 0.1) is 5.82 Å². The molecule has 0 amide bonds. The molecule has 88 valence electrons. The average Bonchev–Trinajstić information content (AvgIpc) is 2.38. The third kappa shape index (κ3) is 3.01. The van der Waals surface area contributed by atoms with Crippen LogP contribution in [-0.2, 0) is 13.2 Å². The Morgan fingerprint density at radius 3 is 2.59 bits per heavy atom. The van der Waals surface area contributed by atoms with Gasteiger partial charge in [0.2, 0.25) is 0 Å². The van der Waals surface area contributed by atoms with Crippen LogP contribution in [0.25, 0.3) is 0 Å². The summed E-state index contributed by atoms with van der Waals surface area (Å²) < 4.78 is 18.6. The van der Waals surface area contributed by atoms with Gasteiger partial charge in [-0.3, -0.25) is 4.98 Å². The Kier molecular flexibility index (Phi) is 3.67. The molecule has 0 atom stereocenters. The highest BCUT2D eigenvalue weighted by Gasteiger charge is 2.03. The van der Waals surface area contributed by atoms with Crippen molar-refractivity contribution in [2.45, 2.75) is 13.2 Å². The van der Waals surface area contributed by atoms with Gasteiger partial charge in [-0.1, -0.05) is 18.2 Å². The SMILES string of the molecule is OCc1cccc(COc2ccccc2F)n1. The number of aliphatic hydroxyl groups is 1. The summed E-state index contributed by atoms with van der Waals surface area (Å²) in [5.41, 5.74) is 1.22. The topological polar surface area (TPSA) is 42.4 Å². The normalized spacial score (nSPS) is 10.2. The van der Waals surface area contributed by atoms with Crippen molar-refractivity contribution in [2.75, 3.05) is 0 Å². The van der Waals surface area contributed by atoms with Crippen molar-refractivity contribution in [3.05, 3.63) is 59.7 Å². The largest absolute Gasteiger partial charge is 0.484 e. The summed E-state index contributed by atoms with van der Waals surface area (Å²) in [6.07, 6.45) is 0. The number of para-hydroxylation sites is 1. The number of halogens is 1. The lowest BCUT2D eigenvalue weighted by atomic mass is 10.3. The summed E-state index contributed by atoms with van der Waals surface area (Å²) in [6, 6.07) is 11.5. The van der Waals surface area contributed by atoms with Crippen LogP contribution in [0.2, 0.25) is 0 Å². The van der Waals surface area contributed by atoms with E-state index in [-0.39, 0.29) is 19.0 Å². The lowest BCUT2D eigenvalue weighted by Crippen LogP contribution is -2.01. The van der Waals surface area contributed by atoms with Crippen LogP contribution in [0.15, 0.2) is 42.5 Å². The van der Waals surface area contributed by atoms with Crippen molar-refractivity contribution in [3.8, 4) is 5.75 Å². The molecule has 0 fully saturated rings. The van der Waals surface area contributed by atoms with Gasteiger partial charge in [0.25, 0.3) is 0 Å². The zero-order chi connectivity index (χ0) is 12.1. The second-order valence-electron chi connectivity index (χ2n) is 3.50. The maximum Gasteiger partial charge on any atom is 0.165 e. The molecule has 0 aliphatic carbocycles. The van der Waals surface area contributed by atoms with E-state index in [1.54, 1.807) is 36.4 Å². The Bertz CT molecular complexity index is 502. The van der Waals surface area contributed by atoms with E-state index in [2.05, 4.69) is 4.98 Å². The second kappa shape index (κ2) is 5.41. The zero-order valence-corrected chi connectivity index (χ0v) is 9.14. The number of aromatic nitrogens is 1. The Hall–Kier alpha value is -1.94. The fraction of sp³-hybridized carbons (Fsp3) is 0.154. The maximum absolute atomic E-state index is 13.3. The quantitative estimate of drug-likeness (QED) is 0.881. The summed E-state index contributed by atoms with van der Waals surface area (Å²) in [5.74, 6) is -0.200. The standard InChI is InChI=1S/C13H12FNO2/c14-12-6-1-2-7-13(12)17-9-11-5-3-4-10(8-16)15-11/h1-7,16H,8-9H2. The zero-order valence-electron chi connectivity index (χ0n) is 9.14. The van der Waals surface area contributed by atoms with Gasteiger partial charge >= 0.3 is 0 Å². The summed E-state index contributed by atoms with van der Waals surface area (Å²) >= 11 is 0. The predicted octanol–water partition coefficient (Wildman–Crippen LogP) is 2.29. The number of pyridine rings is 1. The van der Waals surface area contributed by atoms with Crippen molar-refractivity contribution < 1.29 is 14.2 Å². The van der Waals surface area contributed by atoms with Crippen LogP contribution >= 0.6 is 0 Å². The van der Waals surface area contributed by atoms with Crippen molar-refractivity contribution >= 4 is 0 Å². The van der Waals surface area contributed by atoms with Crippen molar-refractivity contribution in [1.82, 2.24) is 4.98 Å². The third-order valence-corrected chi connectivity index (χ3v) is 2.24. The molecule has 1 N–H and O–H groups in total. The molecule has 0 aliphatic heterocycles. The molecule has 1 aromatic heterocycles. The van der Waals surface area contributed by atoms with Gasteiger partial charge in [-0.25, -0.2) is 4.39 Å². The minimum atomic E-state index is -0.397. The molecule has 3 nitrogen and oxygen atoms in total. The highest BCUT2D eigenvalue weighted by atomic mass is 19.1. The molecule has 2 rings (SSSR count). The maximum atomic E-state index is 13.3. The molecular weight excluding hydrogens is 221 g/mol. The first-order chi connectivity index (χ1) is 8.29. The molecule has 0 radical (unpaired) electrons. The Morgan fingerprint density at radius 1 is 1.06 bits per heavy atom. The van der Waals surface area contributed by atoms with Gasteiger partial charge in [0.05, 0.1) is 18.0 Å². The minimum absolute atomic E-state index is 0.118. The van der Waals surface area contributed by atoms with E-state index in [1.807, 2.05) is 0 Å². The minimum Gasteiger partial charge on any atom is -0.484 e. The first-order valence-electron chi connectivity index (χ1n) is 5.22. The van der Waals surface area contributed by atoms with Crippen LogP contribution in [0.3, 0.4) is 0 Å². The molecule has 0 spiro atoms. The van der Waals surface area contributed by atoms with E-state index in [4.69, 9.17) is 9.84 Å². The summed E-state index contributed by atoms with van der Waals surface area (Å²) in [7, 11) is 0. The number of aliphatic hydroxyl groups excluding tert-OH is 1. The Morgan fingerprint density at radius 2 is 1.82 bits per heavy atom. The van der Waals surface area contributed by atoms with Gasteiger partial charge in [0, 0.05) is 0 Å². The molecule has 17 heavy (non-hydrogen) atoms. The smallest absolute Gasteiger partial charge is 0.165 e. The molecule has 4 heteroatoms. The highest BCUT2D eigenvalue weighted by Crippen LogP contribution is 2.16. The first-order valence-corrected chi connectivity index (χ1v) is 5.22. The molecule has 1 aromatic carbocycles. The van der Waals surface area contributed by atoms with Gasteiger partial charge in [-0.2, -0.15) is 0 Å². The first kappa shape index (κ1) is 11.5. The molecule has 1 heterocycles. The summed E-state index contributed by atoms with van der Waals surface area (Å²) in [4.78, 5) is 4.14. The number of nitrogens with zero attached hydrogens (tertiary/aromatic N) is 1. The van der Waals surface area contributed by atoms with Gasteiger partial charge in [0.1, 0.15) is 6.61 Å². The van der Waals surface area contributed by atoms with E-state index in [0.717, 1.165) is 0 Å². The van der Waals surface area contributed by atoms with Crippen LogP contribution in [0.4, 0.5) is 4.39 Å². The average molecular weight is 233 g/mol. The Balaban J connectivity index is 2.05. The van der Waals surface area contributed by atoms with Gasteiger partial charge < -0.3 is 9.84 Å². The summed E-state index contributed by atoms with van der Waals surface area (Å²) in [5, 5.41) is 8.93. The molecule has 0 unspecified atom stereocenters. The predicted molar refractivity (Wildman–Crippen MR) is 60.9 cm³/mol. The number of rotatable bonds is 4. The highest BCUT2D eigenvalue weighted by molar-refractivity contribution is 5.24. The number of ether oxygens (including phenoxy) is 1. The number of hydrogen-bond donors (Lipinski definition) is 1. The van der Waals surface area contributed by atoms with Crippen molar-refractivity contribution in [1.29, 1.82) is 0 Å². The molecule has 0 saturated heterocycles. The van der Waals surface area contributed by atoms with Crippen LogP contribution in [0.5, 0.6) is 5.75 Å². The van der Waals surface area contributed by atoms with Crippen LogP contribution in [-0.4, -0.2) is 10.1 Å². The van der Waals surface area contributed by atoms with E-state index in [9.17, 15) is 4.39 Å². The lowest BCUT2D eigenvalue weighted by molar-refractivity contribution is 0.270. The monoisotopic (exact) mass is 233 g/mol. The molecular formula is C13H12FNO2. The summed E-state index contributed by atoms with van der Waals surface area (Å²) in [6.45, 7) is 0.0578. The molecule has 0 aliphatic rings. The third-order valence-electron chi connectivity index (χ3n) is 2.24. The van der Waals surface area contributed by atoms with Crippen LogP contribution < -0.4 is 4.74 Å². The Labute approximate surface area is 98.5 Å². The fourth-order valence-corrected chi connectivity index (χ4v) is 1.41. The molecule has 0 saturated carbocycles. The van der Waals surface area contributed by atoms with Gasteiger partial charge in [0.15, 0.2) is 11.6 Å². The van der Waals surface area contributed by atoms with Gasteiger partial charge in [-0.15, -0.1) is 0 Å². The number of benzene rings is 1. The second-order valence-corrected chi connectivity index (χ2v) is 3.50. The van der Waals surface area contributed by atoms with E-state index >= 15 is 0 Å². The number of hydrogen-bond acceptors (Lipinski definition) is 3. The molecule has 2 aromatic rings. The fourth-order valence-electron chi connectivity index (χ4n) is 1.41. The van der Waals surface area contributed by atoms with Crippen molar-refractivity contribution in [3.63, 3.8) is 0 Å². The van der Waals surface area contributed by atoms with E-state index in [1.165, 1.54) is 6.07 Å². The van der Waals surface area contributed by atoms with Crippen molar-refractivity contribution in [2.24, 2.45) is 0 Å². The van der Waals surface area contributed by atoms with Crippen LogP contribution in [0.1, 0.15) is 11.4 Å². The van der Waals surface area contributed by atoms with E-state index < -0.39 is 5.82 Å². The van der Waals surface area contributed by atoms with Gasteiger partial charge in [-0.05, 0) is 24.3 Å². The van der Waals surface area contributed by atoms with E-state index in [0.29, 0.717) is 11.4 Å². The lowest BCUT2D eigenvalue weighted by Gasteiger charge is -2.07. The molecule has 0 bridgehead atoms.